The summed E-state index contributed by atoms with van der Waals surface area (Å²) in [4.78, 5) is 17.5. The van der Waals surface area contributed by atoms with Crippen LogP contribution in [0.4, 0.5) is 5.69 Å². The lowest BCUT2D eigenvalue weighted by Gasteiger charge is -2.09. The number of nitrogens with one attached hydrogen (secondary N) is 2. The lowest BCUT2D eigenvalue weighted by Crippen LogP contribution is -2.26. The van der Waals surface area contributed by atoms with Gasteiger partial charge in [-0.2, -0.15) is 0 Å². The van der Waals surface area contributed by atoms with Crippen molar-refractivity contribution in [1.29, 1.82) is 0 Å². The molecule has 1 amide bonds. The van der Waals surface area contributed by atoms with Crippen molar-refractivity contribution in [1.82, 2.24) is 10.3 Å². The molecular formula is C14H17N3OS. The highest BCUT2D eigenvalue weighted by Crippen LogP contribution is 2.15. The molecule has 0 unspecified atom stereocenters. The molecule has 4 nitrogen and oxygen atoms in total. The summed E-state index contributed by atoms with van der Waals surface area (Å²) in [6, 6.07) is 5.96. The highest BCUT2D eigenvalue weighted by atomic mass is 32.1. The van der Waals surface area contributed by atoms with Gasteiger partial charge in [0, 0.05) is 30.4 Å². The van der Waals surface area contributed by atoms with Crippen molar-refractivity contribution in [2.45, 2.75) is 13.3 Å². The van der Waals surface area contributed by atoms with Crippen LogP contribution in [0.3, 0.4) is 0 Å². The van der Waals surface area contributed by atoms with Crippen LogP contribution in [0.1, 0.15) is 20.9 Å². The van der Waals surface area contributed by atoms with Gasteiger partial charge < -0.3 is 10.6 Å². The van der Waals surface area contributed by atoms with Crippen LogP contribution in [0.2, 0.25) is 0 Å². The van der Waals surface area contributed by atoms with E-state index >= 15 is 0 Å². The molecule has 0 spiro atoms. The largest absolute Gasteiger partial charge is 0.387 e. The Hall–Kier alpha value is -1.88. The number of carbonyl (C=O) groups is 1. The summed E-state index contributed by atoms with van der Waals surface area (Å²) >= 11 is 1.70. The van der Waals surface area contributed by atoms with Gasteiger partial charge in [0.15, 0.2) is 0 Å². The van der Waals surface area contributed by atoms with E-state index in [-0.39, 0.29) is 5.91 Å². The lowest BCUT2D eigenvalue weighted by atomic mass is 10.2. The van der Waals surface area contributed by atoms with Crippen molar-refractivity contribution < 1.29 is 4.79 Å². The smallest absolute Gasteiger partial charge is 0.254 e. The van der Waals surface area contributed by atoms with Gasteiger partial charge in [-0.05, 0) is 30.9 Å². The van der Waals surface area contributed by atoms with E-state index in [2.05, 4.69) is 21.7 Å². The van der Waals surface area contributed by atoms with Crippen molar-refractivity contribution in [3.8, 4) is 0 Å². The van der Waals surface area contributed by atoms with Crippen molar-refractivity contribution in [2.24, 2.45) is 0 Å². The van der Waals surface area contributed by atoms with E-state index in [1.54, 1.807) is 24.6 Å². The standard InChI is InChI=1S/C14H17N3OS/c1-10-8-13(15-2)12(9-17-10)14(18)16-6-5-11-4-3-7-19-11/h3-4,7-9H,5-6H2,1-2H3,(H,15,17)(H,16,18). The Kier molecular flexibility index (Phi) is 4.52. The molecule has 0 radical (unpaired) electrons. The third kappa shape index (κ3) is 3.54. The van der Waals surface area contributed by atoms with Crippen LogP contribution in [0.25, 0.3) is 0 Å². The second-order valence-corrected chi connectivity index (χ2v) is 5.24. The molecule has 0 aliphatic rings. The molecule has 0 saturated carbocycles. The number of rotatable bonds is 5. The minimum absolute atomic E-state index is 0.0894. The first-order valence-corrected chi connectivity index (χ1v) is 7.03. The Morgan fingerprint density at radius 3 is 3.00 bits per heavy atom. The molecule has 100 valence electrons. The minimum Gasteiger partial charge on any atom is -0.387 e. The zero-order valence-corrected chi connectivity index (χ0v) is 11.9. The Labute approximate surface area is 116 Å². The van der Waals surface area contributed by atoms with E-state index in [1.807, 2.05) is 24.4 Å². The molecule has 5 heteroatoms. The molecule has 19 heavy (non-hydrogen) atoms. The second kappa shape index (κ2) is 6.33. The van der Waals surface area contributed by atoms with E-state index < -0.39 is 0 Å². The minimum atomic E-state index is -0.0894. The van der Waals surface area contributed by atoms with Crippen molar-refractivity contribution in [2.75, 3.05) is 18.9 Å². The van der Waals surface area contributed by atoms with Crippen LogP contribution in [-0.2, 0) is 6.42 Å². The predicted molar refractivity (Wildman–Crippen MR) is 78.9 cm³/mol. The first-order chi connectivity index (χ1) is 9.20. The number of aromatic nitrogens is 1. The molecule has 0 aromatic carbocycles. The van der Waals surface area contributed by atoms with Crippen LogP contribution in [0.15, 0.2) is 29.8 Å². The maximum Gasteiger partial charge on any atom is 0.254 e. The van der Waals surface area contributed by atoms with Gasteiger partial charge in [-0.1, -0.05) is 6.07 Å². The summed E-state index contributed by atoms with van der Waals surface area (Å²) in [7, 11) is 1.80. The first kappa shape index (κ1) is 13.5. The Morgan fingerprint density at radius 1 is 1.47 bits per heavy atom. The van der Waals surface area contributed by atoms with Gasteiger partial charge in [-0.3, -0.25) is 9.78 Å². The normalized spacial score (nSPS) is 10.2. The van der Waals surface area contributed by atoms with Gasteiger partial charge in [0.1, 0.15) is 0 Å². The molecule has 0 aliphatic heterocycles. The summed E-state index contributed by atoms with van der Waals surface area (Å²) in [5.74, 6) is -0.0894. The molecular weight excluding hydrogens is 258 g/mol. The highest BCUT2D eigenvalue weighted by molar-refractivity contribution is 7.09. The van der Waals surface area contributed by atoms with E-state index in [1.165, 1.54) is 4.88 Å². The molecule has 2 N–H and O–H groups in total. The zero-order chi connectivity index (χ0) is 13.7. The maximum atomic E-state index is 12.1. The maximum absolute atomic E-state index is 12.1. The van der Waals surface area contributed by atoms with Gasteiger partial charge in [-0.15, -0.1) is 11.3 Å². The van der Waals surface area contributed by atoms with Crippen LogP contribution < -0.4 is 10.6 Å². The fourth-order valence-electron chi connectivity index (χ4n) is 1.80. The number of hydrogen-bond acceptors (Lipinski definition) is 4. The lowest BCUT2D eigenvalue weighted by molar-refractivity contribution is 0.0954. The van der Waals surface area contributed by atoms with Gasteiger partial charge in [0.25, 0.3) is 5.91 Å². The number of thiophene rings is 1. The molecule has 0 saturated heterocycles. The van der Waals surface area contributed by atoms with E-state index in [0.29, 0.717) is 12.1 Å². The molecule has 2 aromatic heterocycles. The quantitative estimate of drug-likeness (QED) is 0.881. The number of anilines is 1. The number of aryl methyl sites for hydroxylation is 1. The summed E-state index contributed by atoms with van der Waals surface area (Å²) < 4.78 is 0. The summed E-state index contributed by atoms with van der Waals surface area (Å²) in [6.45, 7) is 2.54. The van der Waals surface area contributed by atoms with E-state index in [9.17, 15) is 4.79 Å². The molecule has 2 aromatic rings. The number of amides is 1. The number of nitrogens with zero attached hydrogens (tertiary/aromatic N) is 1. The van der Waals surface area contributed by atoms with Crippen molar-refractivity contribution in [3.05, 3.63) is 45.9 Å². The summed E-state index contributed by atoms with van der Waals surface area (Å²) in [5, 5.41) is 7.98. The number of carbonyl (C=O) groups excluding carboxylic acids is 1. The van der Waals surface area contributed by atoms with Crippen LogP contribution >= 0.6 is 11.3 Å². The van der Waals surface area contributed by atoms with Crippen LogP contribution in [0, 0.1) is 6.92 Å². The highest BCUT2D eigenvalue weighted by Gasteiger charge is 2.11. The first-order valence-electron chi connectivity index (χ1n) is 6.15. The number of hydrogen-bond donors (Lipinski definition) is 2. The van der Waals surface area contributed by atoms with Gasteiger partial charge in [0.05, 0.1) is 11.3 Å². The SMILES string of the molecule is CNc1cc(C)ncc1C(=O)NCCc1cccs1. The van der Waals surface area contributed by atoms with Gasteiger partial charge >= 0.3 is 0 Å². The topological polar surface area (TPSA) is 54.0 Å². The zero-order valence-electron chi connectivity index (χ0n) is 11.1. The van der Waals surface area contributed by atoms with Crippen molar-refractivity contribution in [3.63, 3.8) is 0 Å². The Balaban J connectivity index is 1.96. The fraction of sp³-hybridized carbons (Fsp3) is 0.286. The van der Waals surface area contributed by atoms with Crippen molar-refractivity contribution >= 4 is 22.9 Å². The monoisotopic (exact) mass is 275 g/mol. The van der Waals surface area contributed by atoms with Crippen LogP contribution in [-0.4, -0.2) is 24.5 Å². The molecule has 0 bridgehead atoms. The predicted octanol–water partition coefficient (Wildman–Crippen LogP) is 2.47. The summed E-state index contributed by atoms with van der Waals surface area (Å²) in [6.07, 6.45) is 2.47. The Bertz CT molecular complexity index is 552. The molecule has 0 aliphatic carbocycles. The Morgan fingerprint density at radius 2 is 2.32 bits per heavy atom. The third-order valence-electron chi connectivity index (χ3n) is 2.79. The molecule has 2 heterocycles. The average molecular weight is 275 g/mol. The second-order valence-electron chi connectivity index (χ2n) is 4.21. The fourth-order valence-corrected chi connectivity index (χ4v) is 2.51. The van der Waals surface area contributed by atoms with Gasteiger partial charge in [-0.25, -0.2) is 0 Å². The summed E-state index contributed by atoms with van der Waals surface area (Å²) in [5.41, 5.74) is 2.28. The molecule has 0 atom stereocenters. The molecule has 0 fully saturated rings. The number of pyridine rings is 1. The van der Waals surface area contributed by atoms with Crippen LogP contribution in [0.5, 0.6) is 0 Å². The average Bonchev–Trinajstić information content (AvgIpc) is 2.91. The van der Waals surface area contributed by atoms with E-state index in [4.69, 9.17) is 0 Å². The van der Waals surface area contributed by atoms with E-state index in [0.717, 1.165) is 17.8 Å². The van der Waals surface area contributed by atoms with Gasteiger partial charge in [0.2, 0.25) is 0 Å². The third-order valence-corrected chi connectivity index (χ3v) is 3.73. The molecule has 2 rings (SSSR count).